The molecule has 0 aromatic heterocycles. The average molecular weight is 182 g/mol. The Morgan fingerprint density at radius 2 is 1.58 bits per heavy atom. The predicted molar refractivity (Wildman–Crippen MR) is 43.9 cm³/mol. The van der Waals surface area contributed by atoms with Crippen molar-refractivity contribution in [3.05, 3.63) is 0 Å². The van der Waals surface area contributed by atoms with E-state index in [2.05, 4.69) is 0 Å². The van der Waals surface area contributed by atoms with Gasteiger partial charge in [-0.3, -0.25) is 0 Å². The first-order valence-electron chi connectivity index (χ1n) is 4.28. The molecule has 1 unspecified atom stereocenters. The molecule has 0 N–H and O–H groups in total. The van der Waals surface area contributed by atoms with Crippen molar-refractivity contribution in [2.24, 2.45) is 11.3 Å². The van der Waals surface area contributed by atoms with Crippen LogP contribution in [0.3, 0.4) is 0 Å². The maximum Gasteiger partial charge on any atom is 0.389 e. The highest BCUT2D eigenvalue weighted by molar-refractivity contribution is 4.79. The van der Waals surface area contributed by atoms with Crippen molar-refractivity contribution < 1.29 is 13.2 Å². The molecule has 1 atom stereocenters. The summed E-state index contributed by atoms with van der Waals surface area (Å²) >= 11 is 0. The van der Waals surface area contributed by atoms with Gasteiger partial charge in [-0.1, -0.05) is 34.1 Å². The van der Waals surface area contributed by atoms with Crippen LogP contribution in [0, 0.1) is 11.3 Å². The summed E-state index contributed by atoms with van der Waals surface area (Å²) in [5, 5.41) is 0. The quantitative estimate of drug-likeness (QED) is 0.618. The van der Waals surface area contributed by atoms with E-state index in [-0.39, 0.29) is 5.92 Å². The molecule has 0 aliphatic rings. The van der Waals surface area contributed by atoms with Gasteiger partial charge in [-0.05, 0) is 11.3 Å². The molecular weight excluding hydrogens is 165 g/mol. The van der Waals surface area contributed by atoms with Gasteiger partial charge < -0.3 is 0 Å². The van der Waals surface area contributed by atoms with Crippen LogP contribution in [0.4, 0.5) is 13.2 Å². The topological polar surface area (TPSA) is 0 Å². The predicted octanol–water partition coefficient (Wildman–Crippen LogP) is 4.01. The van der Waals surface area contributed by atoms with Crippen molar-refractivity contribution in [2.75, 3.05) is 0 Å². The first kappa shape index (κ1) is 11.8. The Hall–Kier alpha value is -0.210. The van der Waals surface area contributed by atoms with Crippen molar-refractivity contribution >= 4 is 0 Å². The molecule has 0 fully saturated rings. The normalized spacial score (nSPS) is 18.0. The standard InChI is InChI=1S/C9H17F3/c1-5-8(4,7(2)3)6-9(10,11)12/h7H,5-6H2,1-4H3. The zero-order chi connectivity index (χ0) is 9.99. The molecule has 0 aliphatic heterocycles. The van der Waals surface area contributed by atoms with E-state index in [1.54, 1.807) is 6.92 Å². The summed E-state index contributed by atoms with van der Waals surface area (Å²) in [6.45, 7) is 7.20. The molecule has 0 radical (unpaired) electrons. The zero-order valence-corrected chi connectivity index (χ0v) is 8.13. The van der Waals surface area contributed by atoms with Gasteiger partial charge in [0.1, 0.15) is 0 Å². The number of rotatable bonds is 3. The van der Waals surface area contributed by atoms with E-state index in [1.165, 1.54) is 0 Å². The molecular formula is C9H17F3. The van der Waals surface area contributed by atoms with Crippen LogP contribution in [0.25, 0.3) is 0 Å². The second-order valence-electron chi connectivity index (χ2n) is 3.95. The largest absolute Gasteiger partial charge is 0.389 e. The van der Waals surface area contributed by atoms with Crippen LogP contribution >= 0.6 is 0 Å². The molecule has 12 heavy (non-hydrogen) atoms. The molecule has 0 aromatic carbocycles. The fourth-order valence-electron chi connectivity index (χ4n) is 1.20. The Morgan fingerprint density at radius 3 is 1.67 bits per heavy atom. The monoisotopic (exact) mass is 182 g/mol. The van der Waals surface area contributed by atoms with E-state index < -0.39 is 18.0 Å². The minimum atomic E-state index is -4.03. The van der Waals surface area contributed by atoms with E-state index in [4.69, 9.17) is 0 Å². The van der Waals surface area contributed by atoms with Crippen LogP contribution in [0.15, 0.2) is 0 Å². The van der Waals surface area contributed by atoms with Crippen molar-refractivity contribution in [3.8, 4) is 0 Å². The highest BCUT2D eigenvalue weighted by Gasteiger charge is 2.39. The molecule has 74 valence electrons. The summed E-state index contributed by atoms with van der Waals surface area (Å²) in [6.07, 6.45) is -4.13. The molecule has 0 saturated heterocycles. The fraction of sp³-hybridized carbons (Fsp3) is 1.00. The molecule has 0 nitrogen and oxygen atoms in total. The molecule has 0 aliphatic carbocycles. The first-order chi connectivity index (χ1) is 5.21. The van der Waals surface area contributed by atoms with Gasteiger partial charge in [-0.15, -0.1) is 0 Å². The van der Waals surface area contributed by atoms with Crippen LogP contribution in [-0.2, 0) is 0 Å². The van der Waals surface area contributed by atoms with Crippen LogP contribution in [0.5, 0.6) is 0 Å². The number of halogens is 3. The molecule has 0 saturated carbocycles. The van der Waals surface area contributed by atoms with Crippen molar-refractivity contribution in [3.63, 3.8) is 0 Å². The van der Waals surface area contributed by atoms with E-state index >= 15 is 0 Å². The maximum atomic E-state index is 12.1. The van der Waals surface area contributed by atoms with Crippen molar-refractivity contribution in [2.45, 2.75) is 46.7 Å². The molecule has 0 heterocycles. The second kappa shape index (κ2) is 3.67. The molecule has 0 amide bonds. The summed E-state index contributed by atoms with van der Waals surface area (Å²) in [6, 6.07) is 0. The van der Waals surface area contributed by atoms with Crippen molar-refractivity contribution in [1.29, 1.82) is 0 Å². The van der Waals surface area contributed by atoms with Gasteiger partial charge in [0, 0.05) is 6.42 Å². The number of hydrogen-bond acceptors (Lipinski definition) is 0. The highest BCUT2D eigenvalue weighted by Crippen LogP contribution is 2.41. The SMILES string of the molecule is CCC(C)(CC(F)(F)F)C(C)C. The lowest BCUT2D eigenvalue weighted by molar-refractivity contribution is -0.162. The maximum absolute atomic E-state index is 12.1. The smallest absolute Gasteiger partial charge is 0.171 e. The lowest BCUT2D eigenvalue weighted by Gasteiger charge is -2.33. The van der Waals surface area contributed by atoms with Gasteiger partial charge in [0.25, 0.3) is 0 Å². The van der Waals surface area contributed by atoms with E-state index in [1.807, 2.05) is 20.8 Å². The molecule has 0 aromatic rings. The molecule has 0 bridgehead atoms. The zero-order valence-electron chi connectivity index (χ0n) is 8.13. The summed E-state index contributed by atoms with van der Waals surface area (Å²) in [5.74, 6) is 0.0733. The third-order valence-corrected chi connectivity index (χ3v) is 2.81. The van der Waals surface area contributed by atoms with Crippen LogP contribution in [-0.4, -0.2) is 6.18 Å². The lowest BCUT2D eigenvalue weighted by Crippen LogP contribution is -2.29. The average Bonchev–Trinajstić information content (AvgIpc) is 1.83. The van der Waals surface area contributed by atoms with Gasteiger partial charge in [0.2, 0.25) is 0 Å². The molecule has 3 heteroatoms. The minimum absolute atomic E-state index is 0.0733. The number of alkyl halides is 3. The Labute approximate surface area is 72.2 Å². The van der Waals surface area contributed by atoms with Crippen LogP contribution in [0.1, 0.15) is 40.5 Å². The third kappa shape index (κ3) is 3.46. The molecule has 0 rings (SSSR count). The minimum Gasteiger partial charge on any atom is -0.171 e. The van der Waals surface area contributed by atoms with Gasteiger partial charge in [0.15, 0.2) is 0 Å². The Balaban J connectivity index is 4.35. The Kier molecular flexibility index (Phi) is 3.60. The van der Waals surface area contributed by atoms with E-state index in [0.717, 1.165) is 0 Å². The summed E-state index contributed by atoms with van der Waals surface area (Å²) in [4.78, 5) is 0. The summed E-state index contributed by atoms with van der Waals surface area (Å²) in [7, 11) is 0. The first-order valence-corrected chi connectivity index (χ1v) is 4.28. The fourth-order valence-corrected chi connectivity index (χ4v) is 1.20. The highest BCUT2D eigenvalue weighted by atomic mass is 19.4. The van der Waals surface area contributed by atoms with Gasteiger partial charge >= 0.3 is 6.18 Å². The summed E-state index contributed by atoms with van der Waals surface area (Å²) in [5.41, 5.74) is -0.599. The molecule has 0 spiro atoms. The number of hydrogen-bond donors (Lipinski definition) is 0. The summed E-state index contributed by atoms with van der Waals surface area (Å²) < 4.78 is 36.3. The van der Waals surface area contributed by atoms with E-state index in [0.29, 0.717) is 6.42 Å². The van der Waals surface area contributed by atoms with Gasteiger partial charge in [-0.2, -0.15) is 13.2 Å². The third-order valence-electron chi connectivity index (χ3n) is 2.81. The van der Waals surface area contributed by atoms with Crippen LogP contribution < -0.4 is 0 Å². The van der Waals surface area contributed by atoms with Crippen LogP contribution in [0.2, 0.25) is 0 Å². The Morgan fingerprint density at radius 1 is 1.17 bits per heavy atom. The lowest BCUT2D eigenvalue weighted by atomic mass is 9.74. The van der Waals surface area contributed by atoms with E-state index in [9.17, 15) is 13.2 Å². The van der Waals surface area contributed by atoms with Gasteiger partial charge in [0.05, 0.1) is 0 Å². The van der Waals surface area contributed by atoms with Crippen molar-refractivity contribution in [1.82, 2.24) is 0 Å². The van der Waals surface area contributed by atoms with Gasteiger partial charge in [-0.25, -0.2) is 0 Å². The Bertz CT molecular complexity index is 137. The second-order valence-corrected chi connectivity index (χ2v) is 3.95.